The molecule has 0 saturated carbocycles. The van der Waals surface area contributed by atoms with Crippen molar-refractivity contribution >= 4 is 0 Å². The van der Waals surface area contributed by atoms with E-state index in [1.165, 1.54) is 38.5 Å². The Bertz CT molecular complexity index is 64.4. The van der Waals surface area contributed by atoms with Crippen LogP contribution in [0, 0.1) is 6.58 Å². The molecule has 0 heterocycles. The fraction of sp³-hybridized carbons (Fsp3) is 0.800. The van der Waals surface area contributed by atoms with Crippen LogP contribution in [-0.4, -0.2) is 0 Å². The van der Waals surface area contributed by atoms with Crippen molar-refractivity contribution in [3.8, 4) is 0 Å². The van der Waals surface area contributed by atoms with Crippen LogP contribution in [0.4, 0.5) is 0 Å². The maximum absolute atomic E-state index is 5.24. The Hall–Kier alpha value is -0.260. The Balaban J connectivity index is 2.70. The smallest absolute Gasteiger partial charge is 0.0525 e. The first-order valence-corrected chi connectivity index (χ1v) is 4.45. The van der Waals surface area contributed by atoms with Gasteiger partial charge >= 0.3 is 0 Å². The molecule has 0 bridgehead atoms. The van der Waals surface area contributed by atoms with E-state index in [-0.39, 0.29) is 0 Å². The molecule has 0 rings (SSSR count). The van der Waals surface area contributed by atoms with Gasteiger partial charge < -0.3 is 6.58 Å². The monoisotopic (exact) mass is 139 g/mol. The van der Waals surface area contributed by atoms with Crippen molar-refractivity contribution in [3.05, 3.63) is 12.7 Å². The molecule has 0 aromatic heterocycles. The summed E-state index contributed by atoms with van der Waals surface area (Å²) in [6, 6.07) is 0. The van der Waals surface area contributed by atoms with Gasteiger partial charge in [0.1, 0.15) is 0 Å². The molecular weight excluding hydrogens is 120 g/mol. The summed E-state index contributed by atoms with van der Waals surface area (Å²) in [4.78, 5) is 0. The average molecular weight is 139 g/mol. The zero-order valence-electron chi connectivity index (χ0n) is 7.10. The van der Waals surface area contributed by atoms with E-state index in [1.54, 1.807) is 6.08 Å². The fourth-order valence-corrected chi connectivity index (χ4v) is 1.04. The van der Waals surface area contributed by atoms with Gasteiger partial charge in [0, 0.05) is 0 Å². The van der Waals surface area contributed by atoms with Crippen molar-refractivity contribution in [3.63, 3.8) is 0 Å². The Labute approximate surface area is 65.3 Å². The standard InChI is InChI=1S/C10H19/c1-3-5-7-9-10-8-6-4-2/h1,3H,4-10H2,2H3/q-1. The van der Waals surface area contributed by atoms with Gasteiger partial charge in [0.15, 0.2) is 0 Å². The zero-order chi connectivity index (χ0) is 7.66. The maximum atomic E-state index is 5.24. The van der Waals surface area contributed by atoms with Crippen LogP contribution < -0.4 is 0 Å². The summed E-state index contributed by atoms with van der Waals surface area (Å²) in [5.74, 6) is 0. The van der Waals surface area contributed by atoms with Crippen LogP contribution in [0.25, 0.3) is 0 Å². The molecular formula is C10H19-. The van der Waals surface area contributed by atoms with Crippen molar-refractivity contribution in [1.29, 1.82) is 0 Å². The molecule has 0 heteroatoms. The zero-order valence-corrected chi connectivity index (χ0v) is 7.10. The average Bonchev–Trinajstić information content (AvgIpc) is 1.97. The first-order valence-electron chi connectivity index (χ1n) is 4.45. The predicted molar refractivity (Wildman–Crippen MR) is 46.9 cm³/mol. The SMILES string of the molecule is [CH-]=CCCCCCCCC. The third-order valence-corrected chi connectivity index (χ3v) is 1.72. The van der Waals surface area contributed by atoms with Gasteiger partial charge in [-0.3, -0.25) is 6.08 Å². The van der Waals surface area contributed by atoms with Crippen molar-refractivity contribution in [2.75, 3.05) is 0 Å². The summed E-state index contributed by atoms with van der Waals surface area (Å²) in [6.07, 6.45) is 11.0. The highest BCUT2D eigenvalue weighted by molar-refractivity contribution is 4.61. The Morgan fingerprint density at radius 1 is 1.00 bits per heavy atom. The summed E-state index contributed by atoms with van der Waals surface area (Å²) >= 11 is 0. The number of hydrogen-bond acceptors (Lipinski definition) is 0. The largest absolute Gasteiger partial charge is 0.518 e. The lowest BCUT2D eigenvalue weighted by Gasteiger charge is -1.98. The second kappa shape index (κ2) is 8.74. The van der Waals surface area contributed by atoms with E-state index in [4.69, 9.17) is 6.58 Å². The Morgan fingerprint density at radius 2 is 1.60 bits per heavy atom. The lowest BCUT2D eigenvalue weighted by atomic mass is 10.1. The van der Waals surface area contributed by atoms with Gasteiger partial charge in [-0.05, 0) is 0 Å². The van der Waals surface area contributed by atoms with Crippen molar-refractivity contribution in [2.24, 2.45) is 0 Å². The highest BCUT2D eigenvalue weighted by atomic mass is 13.9. The van der Waals surface area contributed by atoms with Gasteiger partial charge in [-0.25, -0.2) is 0 Å². The topological polar surface area (TPSA) is 0 Å². The normalized spacial score (nSPS) is 9.70. The van der Waals surface area contributed by atoms with Gasteiger partial charge in [0.25, 0.3) is 0 Å². The number of allylic oxidation sites excluding steroid dienone is 1. The summed E-state index contributed by atoms with van der Waals surface area (Å²) in [6.45, 7) is 7.49. The van der Waals surface area contributed by atoms with Crippen LogP contribution in [0.1, 0.15) is 51.9 Å². The van der Waals surface area contributed by atoms with Gasteiger partial charge in [0.2, 0.25) is 0 Å². The minimum absolute atomic E-state index is 1.09. The summed E-state index contributed by atoms with van der Waals surface area (Å²) < 4.78 is 0. The number of unbranched alkanes of at least 4 members (excludes halogenated alkanes) is 6. The van der Waals surface area contributed by atoms with E-state index in [0.29, 0.717) is 0 Å². The lowest BCUT2D eigenvalue weighted by Crippen LogP contribution is -1.76. The van der Waals surface area contributed by atoms with Crippen LogP contribution in [0.2, 0.25) is 0 Å². The highest BCUT2D eigenvalue weighted by Gasteiger charge is 1.85. The molecule has 0 aromatic rings. The van der Waals surface area contributed by atoms with Crippen LogP contribution in [-0.2, 0) is 0 Å². The van der Waals surface area contributed by atoms with Crippen LogP contribution in [0.5, 0.6) is 0 Å². The molecule has 0 N–H and O–H groups in total. The van der Waals surface area contributed by atoms with Crippen LogP contribution >= 0.6 is 0 Å². The fourth-order valence-electron chi connectivity index (χ4n) is 1.04. The second-order valence-electron chi connectivity index (χ2n) is 2.79. The number of hydrogen-bond donors (Lipinski definition) is 0. The first kappa shape index (κ1) is 9.74. The van der Waals surface area contributed by atoms with E-state index < -0.39 is 0 Å². The minimum Gasteiger partial charge on any atom is -0.518 e. The van der Waals surface area contributed by atoms with Crippen molar-refractivity contribution < 1.29 is 0 Å². The molecule has 0 spiro atoms. The quantitative estimate of drug-likeness (QED) is 0.372. The van der Waals surface area contributed by atoms with Crippen molar-refractivity contribution in [1.82, 2.24) is 0 Å². The minimum atomic E-state index is 1.09. The second-order valence-corrected chi connectivity index (χ2v) is 2.79. The lowest BCUT2D eigenvalue weighted by molar-refractivity contribution is 0.611. The van der Waals surface area contributed by atoms with E-state index >= 15 is 0 Å². The molecule has 60 valence electrons. The molecule has 0 aliphatic carbocycles. The molecule has 0 atom stereocenters. The highest BCUT2D eigenvalue weighted by Crippen LogP contribution is 2.06. The van der Waals surface area contributed by atoms with Gasteiger partial charge in [-0.2, -0.15) is 0 Å². The molecule has 0 radical (unpaired) electrons. The number of rotatable bonds is 7. The van der Waals surface area contributed by atoms with Gasteiger partial charge in [-0.15, -0.1) is 0 Å². The molecule has 0 nitrogen and oxygen atoms in total. The first-order chi connectivity index (χ1) is 4.91. The van der Waals surface area contributed by atoms with Gasteiger partial charge in [-0.1, -0.05) is 51.9 Å². The molecule has 0 saturated heterocycles. The summed E-state index contributed by atoms with van der Waals surface area (Å²) in [5, 5.41) is 0. The van der Waals surface area contributed by atoms with E-state index in [9.17, 15) is 0 Å². The van der Waals surface area contributed by atoms with E-state index in [1.807, 2.05) is 0 Å². The molecule has 0 fully saturated rings. The molecule has 0 aliphatic rings. The van der Waals surface area contributed by atoms with Crippen molar-refractivity contribution in [2.45, 2.75) is 51.9 Å². The molecule has 0 unspecified atom stereocenters. The van der Waals surface area contributed by atoms with Gasteiger partial charge in [0.05, 0.1) is 0 Å². The third-order valence-electron chi connectivity index (χ3n) is 1.72. The molecule has 0 amide bonds. The molecule has 10 heavy (non-hydrogen) atoms. The summed E-state index contributed by atoms with van der Waals surface area (Å²) in [5.41, 5.74) is 0. The Kier molecular flexibility index (Phi) is 8.51. The molecule has 0 aromatic carbocycles. The predicted octanol–water partition coefficient (Wildman–Crippen LogP) is 3.73. The molecule has 0 aliphatic heterocycles. The maximum Gasteiger partial charge on any atom is -0.0525 e. The summed E-state index contributed by atoms with van der Waals surface area (Å²) in [7, 11) is 0. The van der Waals surface area contributed by atoms with Crippen LogP contribution in [0.3, 0.4) is 0 Å². The van der Waals surface area contributed by atoms with E-state index in [0.717, 1.165) is 6.42 Å². The third kappa shape index (κ3) is 7.74. The van der Waals surface area contributed by atoms with E-state index in [2.05, 4.69) is 6.92 Å². The van der Waals surface area contributed by atoms with Crippen LogP contribution in [0.15, 0.2) is 6.08 Å². The Morgan fingerprint density at radius 3 is 2.20 bits per heavy atom.